The fourth-order valence-corrected chi connectivity index (χ4v) is 3.69. The largest absolute Gasteiger partial charge is 0.459 e. The van der Waals surface area contributed by atoms with Crippen LogP contribution in [0.25, 0.3) is 11.1 Å². The normalized spacial score (nSPS) is 14.6. The number of furan rings is 1. The summed E-state index contributed by atoms with van der Waals surface area (Å²) in [6, 6.07) is 21.8. The van der Waals surface area contributed by atoms with E-state index in [1.54, 1.807) is 17.0 Å². The van der Waals surface area contributed by atoms with E-state index < -0.39 is 0 Å². The highest BCUT2D eigenvalue weighted by Crippen LogP contribution is 2.20. The fraction of sp³-hybridized carbons (Fsp3) is 0.250. The second-order valence-corrected chi connectivity index (χ2v) is 7.35. The molecular formula is C24H24N2O3. The zero-order valence-electron chi connectivity index (χ0n) is 16.2. The van der Waals surface area contributed by atoms with Gasteiger partial charge in [0.15, 0.2) is 5.76 Å². The standard InChI is InChI=1S/C24H24N2O3/c27-23(17-18-8-10-20(11-9-18)19-5-2-1-3-6-19)25-21-12-14-26(15-13-21)24(28)22-7-4-16-29-22/h1-11,16,21H,12-15,17H2,(H,25,27). The summed E-state index contributed by atoms with van der Waals surface area (Å²) >= 11 is 0. The molecule has 2 heterocycles. The van der Waals surface area contributed by atoms with Crippen molar-refractivity contribution in [2.24, 2.45) is 0 Å². The Kier molecular flexibility index (Phi) is 5.75. The number of piperidine rings is 1. The fourth-order valence-electron chi connectivity index (χ4n) is 3.69. The summed E-state index contributed by atoms with van der Waals surface area (Å²) in [6.45, 7) is 1.24. The summed E-state index contributed by atoms with van der Waals surface area (Å²) in [5.41, 5.74) is 3.30. The van der Waals surface area contributed by atoms with E-state index in [1.165, 1.54) is 11.8 Å². The minimum Gasteiger partial charge on any atom is -0.459 e. The van der Waals surface area contributed by atoms with E-state index >= 15 is 0 Å². The van der Waals surface area contributed by atoms with Gasteiger partial charge in [-0.3, -0.25) is 9.59 Å². The minimum atomic E-state index is -0.0849. The zero-order chi connectivity index (χ0) is 20.1. The van der Waals surface area contributed by atoms with Crippen LogP contribution in [0.5, 0.6) is 0 Å². The van der Waals surface area contributed by atoms with Gasteiger partial charge in [0.25, 0.3) is 5.91 Å². The van der Waals surface area contributed by atoms with E-state index in [4.69, 9.17) is 4.42 Å². The van der Waals surface area contributed by atoms with E-state index in [2.05, 4.69) is 29.6 Å². The molecule has 0 bridgehead atoms. The van der Waals surface area contributed by atoms with Crippen LogP contribution in [-0.4, -0.2) is 35.8 Å². The predicted octanol–water partition coefficient (Wildman–Crippen LogP) is 3.91. The van der Waals surface area contributed by atoms with Crippen LogP contribution >= 0.6 is 0 Å². The van der Waals surface area contributed by atoms with Gasteiger partial charge in [0, 0.05) is 19.1 Å². The average molecular weight is 388 g/mol. The molecule has 0 radical (unpaired) electrons. The Labute approximate surface area is 170 Å². The third-order valence-corrected chi connectivity index (χ3v) is 5.30. The first-order valence-corrected chi connectivity index (χ1v) is 9.95. The maximum atomic E-state index is 12.4. The lowest BCUT2D eigenvalue weighted by molar-refractivity contribution is -0.121. The molecule has 5 nitrogen and oxygen atoms in total. The van der Waals surface area contributed by atoms with Crippen molar-refractivity contribution in [2.45, 2.75) is 25.3 Å². The number of likely N-dealkylation sites (tertiary alicyclic amines) is 1. The second-order valence-electron chi connectivity index (χ2n) is 7.35. The molecule has 5 heteroatoms. The molecule has 2 aromatic carbocycles. The topological polar surface area (TPSA) is 62.6 Å². The van der Waals surface area contributed by atoms with Gasteiger partial charge >= 0.3 is 0 Å². The van der Waals surface area contributed by atoms with Crippen LogP contribution in [0.1, 0.15) is 29.0 Å². The molecule has 1 fully saturated rings. The molecule has 0 spiro atoms. The van der Waals surface area contributed by atoms with Crippen molar-refractivity contribution >= 4 is 11.8 Å². The number of carbonyl (C=O) groups is 2. The van der Waals surface area contributed by atoms with Gasteiger partial charge in [-0.25, -0.2) is 0 Å². The highest BCUT2D eigenvalue weighted by molar-refractivity contribution is 5.91. The molecule has 2 amide bonds. The summed E-state index contributed by atoms with van der Waals surface area (Å²) in [6.07, 6.45) is 3.38. The van der Waals surface area contributed by atoms with Gasteiger partial charge in [-0.15, -0.1) is 0 Å². The first kappa shape index (κ1) is 19.0. The van der Waals surface area contributed by atoms with Gasteiger partial charge in [-0.1, -0.05) is 54.6 Å². The highest BCUT2D eigenvalue weighted by atomic mass is 16.3. The average Bonchev–Trinajstić information content (AvgIpc) is 3.30. The number of carbonyl (C=O) groups excluding carboxylic acids is 2. The van der Waals surface area contributed by atoms with Crippen molar-refractivity contribution in [1.29, 1.82) is 0 Å². The summed E-state index contributed by atoms with van der Waals surface area (Å²) in [5.74, 6) is 0.304. The molecule has 3 aromatic rings. The number of hydrogen-bond donors (Lipinski definition) is 1. The third-order valence-electron chi connectivity index (χ3n) is 5.30. The monoisotopic (exact) mass is 388 g/mol. The van der Waals surface area contributed by atoms with Crippen LogP contribution in [0, 0.1) is 0 Å². The summed E-state index contributed by atoms with van der Waals surface area (Å²) < 4.78 is 5.18. The number of hydrogen-bond acceptors (Lipinski definition) is 3. The first-order chi connectivity index (χ1) is 14.2. The maximum absolute atomic E-state index is 12.4. The summed E-state index contributed by atoms with van der Waals surface area (Å²) in [4.78, 5) is 26.5. The van der Waals surface area contributed by atoms with Crippen molar-refractivity contribution in [3.05, 3.63) is 84.3 Å². The van der Waals surface area contributed by atoms with Crippen molar-refractivity contribution < 1.29 is 14.0 Å². The second kappa shape index (κ2) is 8.78. The number of amides is 2. The Morgan fingerprint density at radius 1 is 0.897 bits per heavy atom. The SMILES string of the molecule is O=C(Cc1ccc(-c2ccccc2)cc1)NC1CCN(C(=O)c2ccco2)CC1. The predicted molar refractivity (Wildman–Crippen MR) is 111 cm³/mol. The van der Waals surface area contributed by atoms with Gasteiger partial charge in [0.05, 0.1) is 12.7 Å². The molecule has 1 aliphatic rings. The van der Waals surface area contributed by atoms with Crippen LogP contribution in [0.3, 0.4) is 0 Å². The maximum Gasteiger partial charge on any atom is 0.289 e. The van der Waals surface area contributed by atoms with Crippen LogP contribution < -0.4 is 5.32 Å². The van der Waals surface area contributed by atoms with Crippen LogP contribution in [0.15, 0.2) is 77.4 Å². The molecular weight excluding hydrogens is 364 g/mol. The minimum absolute atomic E-state index is 0.0215. The lowest BCUT2D eigenvalue weighted by Gasteiger charge is -2.31. The third kappa shape index (κ3) is 4.74. The van der Waals surface area contributed by atoms with Gasteiger partial charge in [0.2, 0.25) is 5.91 Å². The number of nitrogens with zero attached hydrogens (tertiary/aromatic N) is 1. The van der Waals surface area contributed by atoms with Crippen LogP contribution in [0.2, 0.25) is 0 Å². The Hall–Kier alpha value is -3.34. The molecule has 29 heavy (non-hydrogen) atoms. The van der Waals surface area contributed by atoms with E-state index in [0.29, 0.717) is 25.3 Å². The quantitative estimate of drug-likeness (QED) is 0.721. The lowest BCUT2D eigenvalue weighted by Crippen LogP contribution is -2.46. The van der Waals surface area contributed by atoms with Gasteiger partial charge in [-0.2, -0.15) is 0 Å². The molecule has 0 saturated carbocycles. The number of benzene rings is 2. The molecule has 0 unspecified atom stereocenters. The van der Waals surface area contributed by atoms with Crippen LogP contribution in [-0.2, 0) is 11.2 Å². The highest BCUT2D eigenvalue weighted by Gasteiger charge is 2.25. The smallest absolute Gasteiger partial charge is 0.289 e. The lowest BCUT2D eigenvalue weighted by atomic mass is 10.0. The molecule has 1 aromatic heterocycles. The Morgan fingerprint density at radius 3 is 2.24 bits per heavy atom. The van der Waals surface area contributed by atoms with Crippen molar-refractivity contribution in [2.75, 3.05) is 13.1 Å². The van der Waals surface area contributed by atoms with E-state index in [0.717, 1.165) is 24.0 Å². The first-order valence-electron chi connectivity index (χ1n) is 9.95. The van der Waals surface area contributed by atoms with Crippen LogP contribution in [0.4, 0.5) is 0 Å². The van der Waals surface area contributed by atoms with E-state index in [-0.39, 0.29) is 17.9 Å². The van der Waals surface area contributed by atoms with Crippen molar-refractivity contribution in [3.8, 4) is 11.1 Å². The molecule has 1 saturated heterocycles. The van der Waals surface area contributed by atoms with Crippen molar-refractivity contribution in [1.82, 2.24) is 10.2 Å². The molecule has 148 valence electrons. The molecule has 1 N–H and O–H groups in total. The van der Waals surface area contributed by atoms with E-state index in [9.17, 15) is 9.59 Å². The van der Waals surface area contributed by atoms with Crippen molar-refractivity contribution in [3.63, 3.8) is 0 Å². The molecule has 1 aliphatic heterocycles. The Balaban J connectivity index is 1.26. The number of nitrogens with one attached hydrogen (secondary N) is 1. The molecule has 0 atom stereocenters. The Morgan fingerprint density at radius 2 is 1.59 bits per heavy atom. The summed E-state index contributed by atoms with van der Waals surface area (Å²) in [5, 5.41) is 3.11. The Bertz CT molecular complexity index is 942. The van der Waals surface area contributed by atoms with Gasteiger partial charge in [0.1, 0.15) is 0 Å². The van der Waals surface area contributed by atoms with E-state index in [1.807, 2.05) is 30.3 Å². The molecule has 0 aliphatic carbocycles. The summed E-state index contributed by atoms with van der Waals surface area (Å²) in [7, 11) is 0. The van der Waals surface area contributed by atoms with Gasteiger partial charge < -0.3 is 14.6 Å². The molecule has 4 rings (SSSR count). The number of rotatable bonds is 5. The van der Waals surface area contributed by atoms with Gasteiger partial charge in [-0.05, 0) is 41.7 Å². The zero-order valence-corrected chi connectivity index (χ0v) is 16.2.